The lowest BCUT2D eigenvalue weighted by molar-refractivity contribution is -0.112. The zero-order chi connectivity index (χ0) is 22.5. The van der Waals surface area contributed by atoms with E-state index in [-0.39, 0.29) is 5.57 Å². The van der Waals surface area contributed by atoms with Gasteiger partial charge in [-0.25, -0.2) is 0 Å². The highest BCUT2D eigenvalue weighted by atomic mass is 16.5. The number of rotatable bonds is 6. The van der Waals surface area contributed by atoms with E-state index in [0.717, 1.165) is 39.5 Å². The van der Waals surface area contributed by atoms with Crippen molar-refractivity contribution in [2.45, 2.75) is 34.6 Å². The molecule has 0 saturated carbocycles. The van der Waals surface area contributed by atoms with Crippen molar-refractivity contribution >= 4 is 17.7 Å². The molecular formula is C26H27N3O2. The van der Waals surface area contributed by atoms with E-state index in [1.165, 1.54) is 0 Å². The van der Waals surface area contributed by atoms with Gasteiger partial charge in [-0.3, -0.25) is 4.79 Å². The molecule has 0 fully saturated rings. The Bertz CT molecular complexity index is 1180. The van der Waals surface area contributed by atoms with Crippen LogP contribution in [-0.2, 0) is 4.79 Å². The average Bonchev–Trinajstić information content (AvgIpc) is 3.02. The minimum atomic E-state index is -0.420. The fraction of sp³-hybridized carbons (Fsp3) is 0.231. The predicted molar refractivity (Wildman–Crippen MR) is 125 cm³/mol. The molecular weight excluding hydrogens is 386 g/mol. The highest BCUT2D eigenvalue weighted by molar-refractivity contribution is 6.09. The van der Waals surface area contributed by atoms with E-state index >= 15 is 0 Å². The Morgan fingerprint density at radius 2 is 1.77 bits per heavy atom. The predicted octanol–water partition coefficient (Wildman–Crippen LogP) is 5.66. The first-order valence-corrected chi connectivity index (χ1v) is 10.3. The van der Waals surface area contributed by atoms with Crippen LogP contribution in [0, 0.1) is 39.0 Å². The monoisotopic (exact) mass is 413 g/mol. The zero-order valence-corrected chi connectivity index (χ0v) is 18.6. The van der Waals surface area contributed by atoms with E-state index in [2.05, 4.69) is 9.88 Å². The molecule has 2 aromatic carbocycles. The fourth-order valence-electron chi connectivity index (χ4n) is 3.51. The summed E-state index contributed by atoms with van der Waals surface area (Å²) in [6.07, 6.45) is 1.64. The molecule has 1 N–H and O–H groups in total. The van der Waals surface area contributed by atoms with Gasteiger partial charge in [-0.15, -0.1) is 0 Å². The van der Waals surface area contributed by atoms with Crippen molar-refractivity contribution in [1.82, 2.24) is 4.57 Å². The number of anilines is 1. The van der Waals surface area contributed by atoms with Gasteiger partial charge in [0, 0.05) is 22.8 Å². The van der Waals surface area contributed by atoms with E-state index in [1.807, 2.05) is 89.2 Å². The number of nitrogens with zero attached hydrogens (tertiary/aromatic N) is 2. The van der Waals surface area contributed by atoms with Crippen LogP contribution in [0.3, 0.4) is 0 Å². The second-order valence-electron chi connectivity index (χ2n) is 7.51. The van der Waals surface area contributed by atoms with Crippen LogP contribution in [-0.4, -0.2) is 17.1 Å². The van der Waals surface area contributed by atoms with E-state index in [4.69, 9.17) is 4.74 Å². The quantitative estimate of drug-likeness (QED) is 0.419. The van der Waals surface area contributed by atoms with Crippen LogP contribution in [0.5, 0.6) is 5.75 Å². The van der Waals surface area contributed by atoms with E-state index in [0.29, 0.717) is 12.3 Å². The Morgan fingerprint density at radius 1 is 1.06 bits per heavy atom. The van der Waals surface area contributed by atoms with Gasteiger partial charge in [0.25, 0.3) is 5.91 Å². The Balaban J connectivity index is 1.89. The van der Waals surface area contributed by atoms with Crippen LogP contribution in [0.2, 0.25) is 0 Å². The number of amides is 1. The molecule has 5 heteroatoms. The second kappa shape index (κ2) is 9.36. The maximum Gasteiger partial charge on any atom is 0.266 e. The van der Waals surface area contributed by atoms with Gasteiger partial charge in [0.05, 0.1) is 6.61 Å². The zero-order valence-electron chi connectivity index (χ0n) is 18.6. The van der Waals surface area contributed by atoms with Crippen LogP contribution >= 0.6 is 0 Å². The summed E-state index contributed by atoms with van der Waals surface area (Å²) in [5.74, 6) is 0.403. The number of aryl methyl sites for hydroxylation is 3. The molecule has 0 radical (unpaired) electrons. The standard InChI is InChI=1S/C26H27N3O2/c1-6-31-25-11-9-24(10-12-25)29-19(4)14-21(20(29)5)15-22(16-27)26(30)28-23-8-7-17(2)18(3)13-23/h7-15H,6H2,1-5H3,(H,28,30)/b22-15-. The number of carbonyl (C=O) groups is 1. The van der Waals surface area contributed by atoms with Crippen LogP contribution in [0.1, 0.15) is 35.0 Å². The summed E-state index contributed by atoms with van der Waals surface area (Å²) in [7, 11) is 0. The summed E-state index contributed by atoms with van der Waals surface area (Å²) in [6, 6.07) is 17.6. The summed E-state index contributed by atoms with van der Waals surface area (Å²) < 4.78 is 7.61. The molecule has 0 bridgehead atoms. The van der Waals surface area contributed by atoms with Gasteiger partial charge in [-0.2, -0.15) is 5.26 Å². The average molecular weight is 414 g/mol. The van der Waals surface area contributed by atoms with E-state index in [9.17, 15) is 10.1 Å². The smallest absolute Gasteiger partial charge is 0.266 e. The number of ether oxygens (including phenoxy) is 1. The third kappa shape index (κ3) is 4.87. The molecule has 0 unspecified atom stereocenters. The molecule has 1 heterocycles. The largest absolute Gasteiger partial charge is 0.494 e. The molecule has 3 rings (SSSR count). The number of carbonyl (C=O) groups excluding carboxylic acids is 1. The van der Waals surface area contributed by atoms with Gasteiger partial charge in [0.15, 0.2) is 0 Å². The molecule has 31 heavy (non-hydrogen) atoms. The first-order chi connectivity index (χ1) is 14.8. The molecule has 0 saturated heterocycles. The molecule has 158 valence electrons. The van der Waals surface area contributed by atoms with Crippen molar-refractivity contribution in [3.05, 3.63) is 82.2 Å². The summed E-state index contributed by atoms with van der Waals surface area (Å²) >= 11 is 0. The van der Waals surface area contributed by atoms with Crippen molar-refractivity contribution in [3.63, 3.8) is 0 Å². The minimum Gasteiger partial charge on any atom is -0.494 e. The molecule has 0 aliphatic carbocycles. The topological polar surface area (TPSA) is 67.0 Å². The molecule has 5 nitrogen and oxygen atoms in total. The number of aromatic nitrogens is 1. The Labute approximate surface area is 183 Å². The van der Waals surface area contributed by atoms with Gasteiger partial charge >= 0.3 is 0 Å². The van der Waals surface area contributed by atoms with E-state index < -0.39 is 5.91 Å². The lowest BCUT2D eigenvalue weighted by atomic mass is 10.1. The number of hydrogen-bond donors (Lipinski definition) is 1. The Morgan fingerprint density at radius 3 is 2.39 bits per heavy atom. The van der Waals surface area contributed by atoms with Gasteiger partial charge in [0.2, 0.25) is 0 Å². The van der Waals surface area contributed by atoms with Crippen LogP contribution < -0.4 is 10.1 Å². The Hall–Kier alpha value is -3.78. The number of nitriles is 1. The van der Waals surface area contributed by atoms with Gasteiger partial charge in [-0.05, 0) is 99.8 Å². The first kappa shape index (κ1) is 21.9. The van der Waals surface area contributed by atoms with E-state index in [1.54, 1.807) is 6.08 Å². The Kier molecular flexibility index (Phi) is 6.61. The molecule has 0 aliphatic rings. The maximum absolute atomic E-state index is 12.7. The van der Waals surface area contributed by atoms with Crippen LogP contribution in [0.15, 0.2) is 54.1 Å². The fourth-order valence-corrected chi connectivity index (χ4v) is 3.51. The summed E-state index contributed by atoms with van der Waals surface area (Å²) in [4.78, 5) is 12.7. The first-order valence-electron chi connectivity index (χ1n) is 10.3. The van der Waals surface area contributed by atoms with Gasteiger partial charge in [-0.1, -0.05) is 6.07 Å². The molecule has 0 spiro atoms. The number of nitrogens with one attached hydrogen (secondary N) is 1. The SMILES string of the molecule is CCOc1ccc(-n2c(C)cc(/C=C(/C#N)C(=O)Nc3ccc(C)c(C)c3)c2C)cc1. The molecule has 3 aromatic rings. The highest BCUT2D eigenvalue weighted by Crippen LogP contribution is 2.25. The third-order valence-corrected chi connectivity index (χ3v) is 5.31. The normalized spacial score (nSPS) is 11.2. The molecule has 0 aliphatic heterocycles. The molecule has 1 aromatic heterocycles. The summed E-state index contributed by atoms with van der Waals surface area (Å²) in [6.45, 7) is 10.6. The maximum atomic E-state index is 12.7. The second-order valence-corrected chi connectivity index (χ2v) is 7.51. The van der Waals surface area contributed by atoms with Gasteiger partial charge < -0.3 is 14.6 Å². The van der Waals surface area contributed by atoms with Crippen molar-refractivity contribution in [2.24, 2.45) is 0 Å². The minimum absolute atomic E-state index is 0.0603. The van der Waals surface area contributed by atoms with Crippen LogP contribution in [0.4, 0.5) is 5.69 Å². The van der Waals surface area contributed by atoms with Crippen molar-refractivity contribution in [3.8, 4) is 17.5 Å². The summed E-state index contributed by atoms with van der Waals surface area (Å²) in [5.41, 5.74) is 6.76. The van der Waals surface area contributed by atoms with Crippen molar-refractivity contribution < 1.29 is 9.53 Å². The number of hydrogen-bond acceptors (Lipinski definition) is 3. The number of benzene rings is 2. The lowest BCUT2D eigenvalue weighted by Crippen LogP contribution is -2.13. The summed E-state index contributed by atoms with van der Waals surface area (Å²) in [5, 5.41) is 12.4. The van der Waals surface area contributed by atoms with Crippen LogP contribution in [0.25, 0.3) is 11.8 Å². The van der Waals surface area contributed by atoms with Crippen molar-refractivity contribution in [1.29, 1.82) is 5.26 Å². The molecule has 0 atom stereocenters. The molecule has 1 amide bonds. The third-order valence-electron chi connectivity index (χ3n) is 5.31. The van der Waals surface area contributed by atoms with Crippen molar-refractivity contribution in [2.75, 3.05) is 11.9 Å². The highest BCUT2D eigenvalue weighted by Gasteiger charge is 2.14. The lowest BCUT2D eigenvalue weighted by Gasteiger charge is -2.11. The van der Waals surface area contributed by atoms with Gasteiger partial charge in [0.1, 0.15) is 17.4 Å².